The number of carbonyl (C=O) groups is 2. The fraction of sp³-hybridized carbons (Fsp3) is 0.304. The van der Waals surface area contributed by atoms with Gasteiger partial charge in [0.2, 0.25) is 0 Å². The van der Waals surface area contributed by atoms with Crippen LogP contribution in [0.5, 0.6) is 0 Å². The number of nitro benzene ring substituents is 2. The number of non-ortho nitro benzene ring substituents is 2. The first-order valence-corrected chi connectivity index (χ1v) is 10.5. The molecule has 1 heterocycles. The molecule has 0 aromatic heterocycles. The Kier molecular flexibility index (Phi) is 7.37. The lowest BCUT2D eigenvalue weighted by Gasteiger charge is -2.25. The highest BCUT2D eigenvalue weighted by molar-refractivity contribution is 6.46. The Morgan fingerprint density at radius 1 is 1.00 bits per heavy atom. The van der Waals surface area contributed by atoms with Gasteiger partial charge in [0, 0.05) is 43.0 Å². The number of rotatable bonds is 9. The molecule has 0 unspecified atom stereocenters. The van der Waals surface area contributed by atoms with Gasteiger partial charge in [0.25, 0.3) is 23.1 Å². The summed E-state index contributed by atoms with van der Waals surface area (Å²) in [5.41, 5.74) is -0.0374. The number of ketones is 1. The second kappa shape index (κ2) is 10.2. The molecule has 1 N–H and O–H groups in total. The Hall–Kier alpha value is -4.12. The molecule has 34 heavy (non-hydrogen) atoms. The molecule has 0 spiro atoms. The van der Waals surface area contributed by atoms with Gasteiger partial charge in [0.15, 0.2) is 0 Å². The highest BCUT2D eigenvalue weighted by atomic mass is 16.6. The number of nitrogens with zero attached hydrogens (tertiary/aromatic N) is 3. The molecule has 11 nitrogen and oxygen atoms in total. The summed E-state index contributed by atoms with van der Waals surface area (Å²) in [6.07, 6.45) is 0.412. The quantitative estimate of drug-likeness (QED) is 0.145. The van der Waals surface area contributed by atoms with E-state index in [-0.39, 0.29) is 35.2 Å². The maximum Gasteiger partial charge on any atom is 0.295 e. The van der Waals surface area contributed by atoms with Crippen LogP contribution in [0.15, 0.2) is 54.1 Å². The molecular formula is C23H23N3O8. The summed E-state index contributed by atoms with van der Waals surface area (Å²) in [5, 5.41) is 32.9. The number of likely N-dealkylation sites (tertiary alicyclic amines) is 1. The normalized spacial score (nSPS) is 17.4. The lowest BCUT2D eigenvalue weighted by molar-refractivity contribution is -0.385. The number of hydrogen-bond donors (Lipinski definition) is 1. The van der Waals surface area contributed by atoms with Crippen LogP contribution in [0.1, 0.15) is 37.4 Å². The zero-order chi connectivity index (χ0) is 25.0. The van der Waals surface area contributed by atoms with Crippen molar-refractivity contribution in [3.63, 3.8) is 0 Å². The molecule has 3 rings (SSSR count). The average Bonchev–Trinajstić information content (AvgIpc) is 3.06. The molecule has 1 saturated heterocycles. The molecule has 11 heteroatoms. The zero-order valence-electron chi connectivity index (χ0n) is 18.5. The minimum Gasteiger partial charge on any atom is -0.507 e. The summed E-state index contributed by atoms with van der Waals surface area (Å²) in [6.45, 7) is 4.23. The Morgan fingerprint density at radius 3 is 2.03 bits per heavy atom. The van der Waals surface area contributed by atoms with Crippen LogP contribution in [0.2, 0.25) is 0 Å². The van der Waals surface area contributed by atoms with Gasteiger partial charge in [-0.05, 0) is 50.1 Å². The third-order valence-corrected chi connectivity index (χ3v) is 5.31. The van der Waals surface area contributed by atoms with E-state index in [4.69, 9.17) is 4.74 Å². The van der Waals surface area contributed by atoms with Gasteiger partial charge in [0.1, 0.15) is 5.76 Å². The van der Waals surface area contributed by atoms with E-state index in [1.54, 1.807) is 0 Å². The summed E-state index contributed by atoms with van der Waals surface area (Å²) in [5.74, 6) is -2.22. The molecule has 1 aliphatic rings. The minimum absolute atomic E-state index is 0.0111. The highest BCUT2D eigenvalue weighted by Gasteiger charge is 2.45. The van der Waals surface area contributed by atoms with E-state index in [1.165, 1.54) is 53.4 Å². The van der Waals surface area contributed by atoms with Gasteiger partial charge in [0.05, 0.1) is 27.6 Å². The number of amides is 1. The van der Waals surface area contributed by atoms with Gasteiger partial charge >= 0.3 is 0 Å². The number of carbonyl (C=O) groups excluding carboxylic acids is 2. The van der Waals surface area contributed by atoms with Crippen LogP contribution in [0.25, 0.3) is 5.76 Å². The van der Waals surface area contributed by atoms with Crippen molar-refractivity contribution in [3.05, 3.63) is 85.5 Å². The SMILES string of the molecule is CC(C)OCCCN1C(=O)C(=O)C(=C(O)c2ccc([N+](=O)[O-])cc2)[C@@H]1c1ccc([N+](=O)[O-])cc1. The molecule has 178 valence electrons. The number of aliphatic hydroxyl groups excluding tert-OH is 1. The van der Waals surface area contributed by atoms with Crippen molar-refractivity contribution >= 4 is 28.8 Å². The third-order valence-electron chi connectivity index (χ3n) is 5.31. The lowest BCUT2D eigenvalue weighted by atomic mass is 9.95. The number of ether oxygens (including phenoxy) is 1. The van der Waals surface area contributed by atoms with Crippen molar-refractivity contribution in [2.75, 3.05) is 13.2 Å². The fourth-order valence-corrected chi connectivity index (χ4v) is 3.69. The van der Waals surface area contributed by atoms with Crippen LogP contribution in [-0.2, 0) is 14.3 Å². The van der Waals surface area contributed by atoms with E-state index in [9.17, 15) is 34.9 Å². The van der Waals surface area contributed by atoms with Crippen LogP contribution < -0.4 is 0 Å². The maximum atomic E-state index is 12.9. The van der Waals surface area contributed by atoms with E-state index >= 15 is 0 Å². The molecule has 1 aliphatic heterocycles. The van der Waals surface area contributed by atoms with Crippen molar-refractivity contribution in [2.45, 2.75) is 32.4 Å². The molecule has 0 aliphatic carbocycles. The van der Waals surface area contributed by atoms with Gasteiger partial charge < -0.3 is 14.7 Å². The van der Waals surface area contributed by atoms with Crippen molar-refractivity contribution in [3.8, 4) is 0 Å². The summed E-state index contributed by atoms with van der Waals surface area (Å²) < 4.78 is 5.51. The van der Waals surface area contributed by atoms with E-state index in [0.717, 1.165) is 0 Å². The predicted octanol–water partition coefficient (Wildman–Crippen LogP) is 3.74. The number of hydrogen-bond acceptors (Lipinski definition) is 8. The highest BCUT2D eigenvalue weighted by Crippen LogP contribution is 2.40. The first-order valence-electron chi connectivity index (χ1n) is 10.5. The van der Waals surface area contributed by atoms with Crippen LogP contribution in [0.4, 0.5) is 11.4 Å². The van der Waals surface area contributed by atoms with Crippen molar-refractivity contribution < 1.29 is 29.3 Å². The van der Waals surface area contributed by atoms with E-state index < -0.39 is 33.3 Å². The Bertz CT molecular complexity index is 1140. The fourth-order valence-electron chi connectivity index (χ4n) is 3.69. The van der Waals surface area contributed by atoms with Gasteiger partial charge in [-0.3, -0.25) is 29.8 Å². The smallest absolute Gasteiger partial charge is 0.295 e. The number of aliphatic hydroxyl groups is 1. The zero-order valence-corrected chi connectivity index (χ0v) is 18.5. The first kappa shape index (κ1) is 24.5. The number of nitro groups is 2. The van der Waals surface area contributed by atoms with Gasteiger partial charge in [-0.25, -0.2) is 0 Å². The van der Waals surface area contributed by atoms with Gasteiger partial charge in [-0.2, -0.15) is 0 Å². The molecule has 0 bridgehead atoms. The summed E-state index contributed by atoms with van der Waals surface area (Å²) in [7, 11) is 0. The molecule has 1 atom stereocenters. The second-order valence-corrected chi connectivity index (χ2v) is 7.92. The standard InChI is InChI=1S/C23H23N3O8/c1-14(2)34-13-3-12-24-20(15-4-8-17(9-5-15)25(30)31)19(22(28)23(24)29)21(27)16-6-10-18(11-7-16)26(32)33/h4-11,14,20,27H,3,12-13H2,1-2H3/t20-/m0/s1. The monoisotopic (exact) mass is 469 g/mol. The molecule has 2 aromatic rings. The minimum atomic E-state index is -0.991. The summed E-state index contributed by atoms with van der Waals surface area (Å²) >= 11 is 0. The molecule has 0 saturated carbocycles. The lowest BCUT2D eigenvalue weighted by Crippen LogP contribution is -2.31. The largest absolute Gasteiger partial charge is 0.507 e. The average molecular weight is 469 g/mol. The summed E-state index contributed by atoms with van der Waals surface area (Å²) in [4.78, 5) is 47.9. The van der Waals surface area contributed by atoms with Gasteiger partial charge in [-0.15, -0.1) is 0 Å². The summed E-state index contributed by atoms with van der Waals surface area (Å²) in [6, 6.07) is 9.28. The van der Waals surface area contributed by atoms with Crippen molar-refractivity contribution in [2.24, 2.45) is 0 Å². The Morgan fingerprint density at radius 2 is 1.53 bits per heavy atom. The number of benzene rings is 2. The Labute approximate surface area is 194 Å². The maximum absolute atomic E-state index is 12.9. The van der Waals surface area contributed by atoms with Crippen LogP contribution in [-0.4, -0.2) is 50.8 Å². The van der Waals surface area contributed by atoms with Crippen LogP contribution in [0, 0.1) is 20.2 Å². The second-order valence-electron chi connectivity index (χ2n) is 7.92. The number of Topliss-reactive ketones (excluding diaryl/α,β-unsaturated/α-hetero) is 1. The van der Waals surface area contributed by atoms with E-state index in [0.29, 0.717) is 18.6 Å². The van der Waals surface area contributed by atoms with E-state index in [2.05, 4.69) is 0 Å². The predicted molar refractivity (Wildman–Crippen MR) is 121 cm³/mol. The molecule has 1 amide bonds. The topological polar surface area (TPSA) is 153 Å². The van der Waals surface area contributed by atoms with Crippen molar-refractivity contribution in [1.82, 2.24) is 4.90 Å². The van der Waals surface area contributed by atoms with Gasteiger partial charge in [-0.1, -0.05) is 0 Å². The molecular weight excluding hydrogens is 446 g/mol. The van der Waals surface area contributed by atoms with Crippen molar-refractivity contribution in [1.29, 1.82) is 0 Å². The van der Waals surface area contributed by atoms with Crippen LogP contribution in [0.3, 0.4) is 0 Å². The molecule has 1 fully saturated rings. The van der Waals surface area contributed by atoms with E-state index in [1.807, 2.05) is 13.8 Å². The molecule has 0 radical (unpaired) electrons. The first-order chi connectivity index (χ1) is 16.1. The third kappa shape index (κ3) is 5.09. The van der Waals surface area contributed by atoms with Crippen LogP contribution >= 0.6 is 0 Å². The Balaban J connectivity index is 2.05. The molecule has 2 aromatic carbocycles.